The summed E-state index contributed by atoms with van der Waals surface area (Å²) in [4.78, 5) is 2.61. The molecule has 0 saturated heterocycles. The smallest absolute Gasteiger partial charge is 0.0221 e. The lowest BCUT2D eigenvalue weighted by Crippen LogP contribution is -2.45. The molecule has 2 nitrogen and oxygen atoms in total. The standard InChI is InChI=1S/C14H32N2S/c1-5-6-7-10-16(13(2)3)14(12-15)9-8-11-17-4/h13-14H,5-12,15H2,1-4H3. The Morgan fingerprint density at radius 3 is 2.35 bits per heavy atom. The first-order valence-electron chi connectivity index (χ1n) is 7.12. The average molecular weight is 260 g/mol. The van der Waals surface area contributed by atoms with E-state index in [1.54, 1.807) is 0 Å². The Morgan fingerprint density at radius 2 is 1.88 bits per heavy atom. The minimum Gasteiger partial charge on any atom is -0.329 e. The van der Waals surface area contributed by atoms with Gasteiger partial charge in [0.05, 0.1) is 0 Å². The van der Waals surface area contributed by atoms with Crippen LogP contribution >= 0.6 is 11.8 Å². The zero-order valence-corrected chi connectivity index (χ0v) is 13.1. The molecule has 3 heteroatoms. The van der Waals surface area contributed by atoms with Gasteiger partial charge in [0.1, 0.15) is 0 Å². The van der Waals surface area contributed by atoms with E-state index in [1.807, 2.05) is 11.8 Å². The van der Waals surface area contributed by atoms with Gasteiger partial charge in [-0.2, -0.15) is 11.8 Å². The molecule has 0 saturated carbocycles. The van der Waals surface area contributed by atoms with Gasteiger partial charge in [0, 0.05) is 18.6 Å². The summed E-state index contributed by atoms with van der Waals surface area (Å²) >= 11 is 1.94. The number of hydrogen-bond acceptors (Lipinski definition) is 3. The molecule has 0 aromatic heterocycles. The third-order valence-electron chi connectivity index (χ3n) is 3.31. The number of nitrogens with zero attached hydrogens (tertiary/aromatic N) is 1. The second-order valence-electron chi connectivity index (χ2n) is 5.06. The van der Waals surface area contributed by atoms with Crippen molar-refractivity contribution in [2.75, 3.05) is 25.1 Å². The monoisotopic (exact) mass is 260 g/mol. The Morgan fingerprint density at radius 1 is 1.18 bits per heavy atom. The number of nitrogens with two attached hydrogens (primary N) is 1. The molecule has 1 unspecified atom stereocenters. The number of unbranched alkanes of at least 4 members (excludes halogenated alkanes) is 2. The SMILES string of the molecule is CCCCCN(C(C)C)C(CN)CCCSC. The first-order chi connectivity index (χ1) is 8.17. The van der Waals surface area contributed by atoms with Crippen LogP contribution in [0.4, 0.5) is 0 Å². The highest BCUT2D eigenvalue weighted by Crippen LogP contribution is 2.13. The molecule has 0 heterocycles. The lowest BCUT2D eigenvalue weighted by atomic mass is 10.1. The molecular formula is C14H32N2S. The van der Waals surface area contributed by atoms with Crippen molar-refractivity contribution in [3.8, 4) is 0 Å². The van der Waals surface area contributed by atoms with Gasteiger partial charge in [0.15, 0.2) is 0 Å². The Labute approximate surface area is 113 Å². The van der Waals surface area contributed by atoms with Gasteiger partial charge >= 0.3 is 0 Å². The van der Waals surface area contributed by atoms with E-state index < -0.39 is 0 Å². The summed E-state index contributed by atoms with van der Waals surface area (Å²) in [7, 11) is 0. The normalized spacial score (nSPS) is 13.6. The molecule has 0 radical (unpaired) electrons. The molecule has 0 amide bonds. The maximum Gasteiger partial charge on any atom is 0.0221 e. The van der Waals surface area contributed by atoms with Gasteiger partial charge in [-0.15, -0.1) is 0 Å². The maximum absolute atomic E-state index is 5.95. The van der Waals surface area contributed by atoms with Crippen LogP contribution in [-0.2, 0) is 0 Å². The third-order valence-corrected chi connectivity index (χ3v) is 4.01. The fourth-order valence-electron chi connectivity index (χ4n) is 2.29. The molecule has 0 rings (SSSR count). The van der Waals surface area contributed by atoms with E-state index in [0.717, 1.165) is 6.54 Å². The Hall–Kier alpha value is 0.270. The predicted octanol–water partition coefficient (Wildman–Crippen LogP) is 3.36. The van der Waals surface area contributed by atoms with Gasteiger partial charge in [-0.25, -0.2) is 0 Å². The number of rotatable bonds is 11. The molecule has 0 aliphatic heterocycles. The van der Waals surface area contributed by atoms with Crippen molar-refractivity contribution in [3.05, 3.63) is 0 Å². The average Bonchev–Trinajstić information content (AvgIpc) is 2.31. The molecule has 1 atom stereocenters. The van der Waals surface area contributed by atoms with Crippen molar-refractivity contribution in [2.45, 2.75) is 65.0 Å². The zero-order chi connectivity index (χ0) is 13.1. The zero-order valence-electron chi connectivity index (χ0n) is 12.2. The fraction of sp³-hybridized carbons (Fsp3) is 1.00. The molecule has 0 fully saturated rings. The molecule has 17 heavy (non-hydrogen) atoms. The largest absolute Gasteiger partial charge is 0.329 e. The summed E-state index contributed by atoms with van der Waals surface area (Å²) in [5, 5.41) is 0. The summed E-state index contributed by atoms with van der Waals surface area (Å²) in [6.07, 6.45) is 8.67. The van der Waals surface area contributed by atoms with E-state index in [9.17, 15) is 0 Å². The van der Waals surface area contributed by atoms with Crippen molar-refractivity contribution in [3.63, 3.8) is 0 Å². The van der Waals surface area contributed by atoms with Gasteiger partial charge in [0.2, 0.25) is 0 Å². The summed E-state index contributed by atoms with van der Waals surface area (Å²) in [6.45, 7) is 8.87. The molecular weight excluding hydrogens is 228 g/mol. The van der Waals surface area contributed by atoms with Crippen LogP contribution in [0.5, 0.6) is 0 Å². The second-order valence-corrected chi connectivity index (χ2v) is 6.05. The Bertz CT molecular complexity index is 162. The van der Waals surface area contributed by atoms with Crippen LogP contribution in [0.1, 0.15) is 52.9 Å². The quantitative estimate of drug-likeness (QED) is 0.578. The van der Waals surface area contributed by atoms with E-state index in [-0.39, 0.29) is 0 Å². The Balaban J connectivity index is 4.11. The van der Waals surface area contributed by atoms with Gasteiger partial charge in [-0.1, -0.05) is 19.8 Å². The van der Waals surface area contributed by atoms with Gasteiger partial charge < -0.3 is 5.73 Å². The van der Waals surface area contributed by atoms with Gasteiger partial charge in [0.25, 0.3) is 0 Å². The second kappa shape index (κ2) is 11.4. The minimum absolute atomic E-state index is 0.582. The lowest BCUT2D eigenvalue weighted by molar-refractivity contribution is 0.145. The maximum atomic E-state index is 5.95. The summed E-state index contributed by atoms with van der Waals surface area (Å²) in [6, 6.07) is 1.20. The minimum atomic E-state index is 0.582. The molecule has 0 bridgehead atoms. The highest BCUT2D eigenvalue weighted by molar-refractivity contribution is 7.98. The van der Waals surface area contributed by atoms with Crippen LogP contribution in [0.25, 0.3) is 0 Å². The number of hydrogen-bond donors (Lipinski definition) is 1. The Kier molecular flexibility index (Phi) is 11.5. The van der Waals surface area contributed by atoms with Crippen molar-refractivity contribution < 1.29 is 0 Å². The molecule has 2 N–H and O–H groups in total. The molecule has 0 aliphatic rings. The molecule has 104 valence electrons. The summed E-state index contributed by atoms with van der Waals surface area (Å²) in [5.41, 5.74) is 5.95. The third kappa shape index (κ3) is 8.06. The van der Waals surface area contributed by atoms with Crippen LogP contribution in [0.2, 0.25) is 0 Å². The van der Waals surface area contributed by atoms with Crippen molar-refractivity contribution in [1.29, 1.82) is 0 Å². The summed E-state index contributed by atoms with van der Waals surface area (Å²) < 4.78 is 0. The first kappa shape index (κ1) is 17.3. The molecule has 0 spiro atoms. The van der Waals surface area contributed by atoms with Crippen molar-refractivity contribution in [2.24, 2.45) is 5.73 Å². The predicted molar refractivity (Wildman–Crippen MR) is 81.8 cm³/mol. The highest BCUT2D eigenvalue weighted by Gasteiger charge is 2.18. The van der Waals surface area contributed by atoms with Crippen molar-refractivity contribution >= 4 is 11.8 Å². The topological polar surface area (TPSA) is 29.3 Å². The van der Waals surface area contributed by atoms with E-state index in [1.165, 1.54) is 44.4 Å². The van der Waals surface area contributed by atoms with Gasteiger partial charge in [-0.3, -0.25) is 4.90 Å². The number of thioether (sulfide) groups is 1. The van der Waals surface area contributed by atoms with Crippen LogP contribution in [0, 0.1) is 0 Å². The molecule has 0 aromatic rings. The lowest BCUT2D eigenvalue weighted by Gasteiger charge is -2.34. The van der Waals surface area contributed by atoms with E-state index in [0.29, 0.717) is 12.1 Å². The van der Waals surface area contributed by atoms with Crippen LogP contribution in [0.3, 0.4) is 0 Å². The van der Waals surface area contributed by atoms with Gasteiger partial charge in [-0.05, 0) is 51.7 Å². The molecule has 0 aliphatic carbocycles. The summed E-state index contributed by atoms with van der Waals surface area (Å²) in [5.74, 6) is 1.26. The van der Waals surface area contributed by atoms with Crippen LogP contribution in [0.15, 0.2) is 0 Å². The van der Waals surface area contributed by atoms with E-state index >= 15 is 0 Å². The van der Waals surface area contributed by atoms with Crippen molar-refractivity contribution in [1.82, 2.24) is 4.90 Å². The van der Waals surface area contributed by atoms with E-state index in [4.69, 9.17) is 5.73 Å². The van der Waals surface area contributed by atoms with Crippen LogP contribution < -0.4 is 5.73 Å². The first-order valence-corrected chi connectivity index (χ1v) is 8.51. The fourth-order valence-corrected chi connectivity index (χ4v) is 2.74. The van der Waals surface area contributed by atoms with E-state index in [2.05, 4.69) is 31.9 Å². The molecule has 0 aromatic carbocycles. The highest BCUT2D eigenvalue weighted by atomic mass is 32.2. The van der Waals surface area contributed by atoms with Crippen LogP contribution in [-0.4, -0.2) is 42.1 Å².